The number of hydrogen-bond donors (Lipinski definition) is 1. The van der Waals surface area contributed by atoms with E-state index in [2.05, 4.69) is 15.3 Å². The number of carbonyl (C=O) groups excluding carboxylic acids is 1. The molecule has 0 bridgehead atoms. The highest BCUT2D eigenvalue weighted by atomic mass is 16.5. The fraction of sp³-hybridized carbons (Fsp3) is 0.211. The van der Waals surface area contributed by atoms with E-state index in [-0.39, 0.29) is 5.78 Å². The lowest BCUT2D eigenvalue weighted by Gasteiger charge is -2.32. The van der Waals surface area contributed by atoms with Gasteiger partial charge in [-0.15, -0.1) is 0 Å². The molecular formula is C19H18N4O2. The molecule has 0 saturated carbocycles. The summed E-state index contributed by atoms with van der Waals surface area (Å²) in [7, 11) is 1.65. The van der Waals surface area contributed by atoms with Gasteiger partial charge in [0, 0.05) is 36.1 Å². The molecule has 6 heteroatoms. The van der Waals surface area contributed by atoms with E-state index in [0.717, 1.165) is 34.9 Å². The molecule has 25 heavy (non-hydrogen) atoms. The molecule has 2 aromatic rings. The van der Waals surface area contributed by atoms with Crippen LogP contribution in [0.25, 0.3) is 0 Å². The number of pyridine rings is 1. The third kappa shape index (κ3) is 2.55. The lowest BCUT2D eigenvalue weighted by atomic mass is 10.0. The number of fused-ring (bicyclic) bond motifs is 3. The summed E-state index contributed by atoms with van der Waals surface area (Å²) in [6, 6.07) is 7.57. The Bertz CT molecular complexity index is 903. The second-order valence-corrected chi connectivity index (χ2v) is 5.96. The summed E-state index contributed by atoms with van der Waals surface area (Å²) in [6.07, 6.45) is 4.82. The van der Waals surface area contributed by atoms with Crippen LogP contribution in [0, 0.1) is 6.92 Å². The Hall–Kier alpha value is -3.15. The zero-order chi connectivity index (χ0) is 17.4. The maximum Gasteiger partial charge on any atom is 0.191 e. The topological polar surface area (TPSA) is 66.8 Å². The summed E-state index contributed by atoms with van der Waals surface area (Å²) in [5.41, 5.74) is 3.42. The van der Waals surface area contributed by atoms with Gasteiger partial charge in [-0.3, -0.25) is 14.8 Å². The van der Waals surface area contributed by atoms with Gasteiger partial charge in [0.05, 0.1) is 19.3 Å². The Morgan fingerprint density at radius 1 is 1.36 bits per heavy atom. The lowest BCUT2D eigenvalue weighted by Crippen LogP contribution is -2.36. The smallest absolute Gasteiger partial charge is 0.191 e. The number of hydrogen-bond acceptors (Lipinski definition) is 6. The van der Waals surface area contributed by atoms with E-state index in [4.69, 9.17) is 4.74 Å². The number of aliphatic imine (C=N–C) groups is 1. The lowest BCUT2D eigenvalue weighted by molar-refractivity contribution is 0.104. The molecule has 3 heterocycles. The first-order valence-electron chi connectivity index (χ1n) is 8.12. The molecule has 0 amide bonds. The third-order valence-electron chi connectivity index (χ3n) is 4.40. The van der Waals surface area contributed by atoms with E-state index in [1.807, 2.05) is 24.0 Å². The number of aryl methyl sites for hydroxylation is 1. The van der Waals surface area contributed by atoms with Crippen LogP contribution in [-0.4, -0.2) is 41.7 Å². The molecule has 6 nitrogen and oxygen atoms in total. The van der Waals surface area contributed by atoms with Crippen molar-refractivity contribution in [1.82, 2.24) is 9.88 Å². The fourth-order valence-corrected chi connectivity index (χ4v) is 3.20. The van der Waals surface area contributed by atoms with Crippen LogP contribution in [0.2, 0.25) is 0 Å². The monoisotopic (exact) mass is 334 g/mol. The summed E-state index contributed by atoms with van der Waals surface area (Å²) >= 11 is 0. The Labute approximate surface area is 145 Å². The summed E-state index contributed by atoms with van der Waals surface area (Å²) in [6.45, 7) is 3.43. The van der Waals surface area contributed by atoms with Crippen LogP contribution in [0.4, 0.5) is 5.69 Å². The second kappa shape index (κ2) is 6.05. The summed E-state index contributed by atoms with van der Waals surface area (Å²) in [5, 5.41) is 3.37. The number of carbonyl (C=O) groups is 1. The number of ketones is 1. The van der Waals surface area contributed by atoms with Gasteiger partial charge in [-0.2, -0.15) is 0 Å². The number of nitrogens with one attached hydrogen (secondary N) is 1. The van der Waals surface area contributed by atoms with Gasteiger partial charge in [0.25, 0.3) is 0 Å². The predicted molar refractivity (Wildman–Crippen MR) is 96.1 cm³/mol. The van der Waals surface area contributed by atoms with Crippen molar-refractivity contribution in [2.24, 2.45) is 4.99 Å². The van der Waals surface area contributed by atoms with Crippen molar-refractivity contribution < 1.29 is 9.53 Å². The zero-order valence-electron chi connectivity index (χ0n) is 14.1. The van der Waals surface area contributed by atoms with Gasteiger partial charge >= 0.3 is 0 Å². The average molecular weight is 334 g/mol. The first-order chi connectivity index (χ1) is 12.2. The molecule has 0 fully saturated rings. The molecule has 0 atom stereocenters. The molecule has 4 rings (SSSR count). The SMILES string of the molecule is COc1c(C)ccc2c1NC(=CC(=O)c1cccnc1)N1CCN=C21. The largest absolute Gasteiger partial charge is 0.494 e. The quantitative estimate of drug-likeness (QED) is 0.690. The summed E-state index contributed by atoms with van der Waals surface area (Å²) in [5.74, 6) is 2.25. The summed E-state index contributed by atoms with van der Waals surface area (Å²) in [4.78, 5) is 23.2. The highest BCUT2D eigenvalue weighted by Gasteiger charge is 2.32. The van der Waals surface area contributed by atoms with Crippen molar-refractivity contribution in [3.63, 3.8) is 0 Å². The molecule has 0 aliphatic carbocycles. The molecule has 0 spiro atoms. The van der Waals surface area contributed by atoms with E-state index in [9.17, 15) is 4.79 Å². The number of amidine groups is 1. The van der Waals surface area contributed by atoms with Crippen LogP contribution in [0.1, 0.15) is 21.5 Å². The van der Waals surface area contributed by atoms with E-state index in [1.165, 1.54) is 0 Å². The van der Waals surface area contributed by atoms with E-state index in [1.54, 1.807) is 37.7 Å². The fourth-order valence-electron chi connectivity index (χ4n) is 3.20. The number of anilines is 1. The highest BCUT2D eigenvalue weighted by Crippen LogP contribution is 2.38. The van der Waals surface area contributed by atoms with Crippen molar-refractivity contribution in [3.05, 3.63) is 65.2 Å². The Morgan fingerprint density at radius 2 is 2.24 bits per heavy atom. The third-order valence-corrected chi connectivity index (χ3v) is 4.40. The molecule has 1 aromatic carbocycles. The molecular weight excluding hydrogens is 316 g/mol. The maximum absolute atomic E-state index is 12.6. The zero-order valence-corrected chi connectivity index (χ0v) is 14.1. The van der Waals surface area contributed by atoms with Crippen LogP contribution in [0.5, 0.6) is 5.75 Å². The van der Waals surface area contributed by atoms with Crippen LogP contribution in [0.15, 0.2) is 53.5 Å². The van der Waals surface area contributed by atoms with Gasteiger partial charge in [-0.05, 0) is 30.7 Å². The van der Waals surface area contributed by atoms with Gasteiger partial charge in [0.15, 0.2) is 5.78 Å². The average Bonchev–Trinajstić information content (AvgIpc) is 3.12. The number of ether oxygens (including phenoxy) is 1. The Morgan fingerprint density at radius 3 is 3.00 bits per heavy atom. The van der Waals surface area contributed by atoms with Crippen molar-refractivity contribution in [2.75, 3.05) is 25.5 Å². The minimum Gasteiger partial charge on any atom is -0.494 e. The van der Waals surface area contributed by atoms with Gasteiger partial charge in [0.2, 0.25) is 0 Å². The normalized spacial score (nSPS) is 16.8. The van der Waals surface area contributed by atoms with Crippen LogP contribution >= 0.6 is 0 Å². The van der Waals surface area contributed by atoms with E-state index in [0.29, 0.717) is 17.9 Å². The molecule has 2 aliphatic heterocycles. The van der Waals surface area contributed by atoms with Gasteiger partial charge < -0.3 is 15.0 Å². The standard InChI is InChI=1S/C19H18N4O2/c1-12-5-6-14-17(18(12)25-2)22-16(23-9-8-21-19(14)23)10-15(24)13-4-3-7-20-11-13/h3-7,10-11,22H,8-9H2,1-2H3. The Balaban J connectivity index is 1.79. The summed E-state index contributed by atoms with van der Waals surface area (Å²) < 4.78 is 5.57. The molecule has 126 valence electrons. The van der Waals surface area contributed by atoms with E-state index < -0.39 is 0 Å². The van der Waals surface area contributed by atoms with E-state index >= 15 is 0 Å². The minimum atomic E-state index is -0.100. The minimum absolute atomic E-state index is 0.100. The van der Waals surface area contributed by atoms with Crippen LogP contribution in [-0.2, 0) is 0 Å². The van der Waals surface area contributed by atoms with Crippen LogP contribution < -0.4 is 10.1 Å². The highest BCUT2D eigenvalue weighted by molar-refractivity contribution is 6.11. The predicted octanol–water partition coefficient (Wildman–Crippen LogP) is 2.61. The number of benzene rings is 1. The number of nitrogens with zero attached hydrogens (tertiary/aromatic N) is 3. The van der Waals surface area contributed by atoms with Gasteiger partial charge in [0.1, 0.15) is 17.4 Å². The first-order valence-corrected chi connectivity index (χ1v) is 8.12. The Kier molecular flexibility index (Phi) is 3.72. The van der Waals surface area contributed by atoms with Crippen molar-refractivity contribution in [1.29, 1.82) is 0 Å². The number of rotatable bonds is 3. The molecule has 1 aromatic heterocycles. The molecule has 2 aliphatic rings. The van der Waals surface area contributed by atoms with Gasteiger partial charge in [-0.25, -0.2) is 0 Å². The molecule has 0 radical (unpaired) electrons. The number of aromatic nitrogens is 1. The molecule has 1 N–H and O–H groups in total. The first kappa shape index (κ1) is 15.4. The molecule has 0 unspecified atom stereocenters. The molecule has 0 saturated heterocycles. The van der Waals surface area contributed by atoms with Crippen molar-refractivity contribution in [2.45, 2.75) is 6.92 Å². The number of allylic oxidation sites excluding steroid dienone is 1. The van der Waals surface area contributed by atoms with Gasteiger partial charge in [-0.1, -0.05) is 6.07 Å². The maximum atomic E-state index is 12.6. The number of methoxy groups -OCH3 is 1. The van der Waals surface area contributed by atoms with Crippen molar-refractivity contribution >= 4 is 17.3 Å². The second-order valence-electron chi connectivity index (χ2n) is 5.96. The van der Waals surface area contributed by atoms with Crippen LogP contribution in [0.3, 0.4) is 0 Å². The van der Waals surface area contributed by atoms with Crippen molar-refractivity contribution in [3.8, 4) is 5.75 Å².